The molecule has 3 rings (SSSR count). The van der Waals surface area contributed by atoms with Crippen LogP contribution < -0.4 is 9.47 Å². The van der Waals surface area contributed by atoms with Crippen LogP contribution in [0.15, 0.2) is 78.9 Å². The third-order valence-corrected chi connectivity index (χ3v) is 4.69. The van der Waals surface area contributed by atoms with Gasteiger partial charge in [-0.2, -0.15) is 0 Å². The standard InChI is InChI=1S/C25H23NO7/c1-18(32-22-15-11-21(12-16-22)26(29)30)24(27)33-23-13-9-20(10-14-23)25(28)31-17-5-8-19-6-3-2-4-7-19/h2-4,6-7,9-16,18H,5,8,17H2,1H3. The number of hydrogen-bond acceptors (Lipinski definition) is 7. The molecule has 0 saturated carbocycles. The van der Waals surface area contributed by atoms with Crippen molar-refractivity contribution in [1.82, 2.24) is 0 Å². The minimum atomic E-state index is -0.944. The van der Waals surface area contributed by atoms with Gasteiger partial charge in [-0.1, -0.05) is 30.3 Å². The zero-order valence-electron chi connectivity index (χ0n) is 18.0. The summed E-state index contributed by atoms with van der Waals surface area (Å²) in [5.41, 5.74) is 1.46. The average molecular weight is 449 g/mol. The van der Waals surface area contributed by atoms with E-state index in [9.17, 15) is 19.7 Å². The molecule has 0 fully saturated rings. The predicted octanol–water partition coefficient (Wildman–Crippen LogP) is 4.76. The SMILES string of the molecule is CC(Oc1ccc([N+](=O)[O-])cc1)C(=O)Oc1ccc(C(=O)OCCCc2ccccc2)cc1. The van der Waals surface area contributed by atoms with Crippen LogP contribution in [0.2, 0.25) is 0 Å². The van der Waals surface area contributed by atoms with Gasteiger partial charge in [0.2, 0.25) is 0 Å². The van der Waals surface area contributed by atoms with Gasteiger partial charge in [0.25, 0.3) is 5.69 Å². The van der Waals surface area contributed by atoms with Gasteiger partial charge in [-0.05, 0) is 61.7 Å². The molecular weight excluding hydrogens is 426 g/mol. The quantitative estimate of drug-likeness (QED) is 0.144. The molecule has 8 heteroatoms. The van der Waals surface area contributed by atoms with Crippen LogP contribution in [0.4, 0.5) is 5.69 Å². The zero-order valence-corrected chi connectivity index (χ0v) is 18.0. The van der Waals surface area contributed by atoms with Crippen LogP contribution in [-0.2, 0) is 16.0 Å². The molecule has 0 bridgehead atoms. The first-order chi connectivity index (χ1) is 15.9. The van der Waals surface area contributed by atoms with E-state index in [1.165, 1.54) is 61.0 Å². The number of ether oxygens (including phenoxy) is 3. The molecule has 3 aromatic carbocycles. The smallest absolute Gasteiger partial charge is 0.352 e. The highest BCUT2D eigenvalue weighted by Gasteiger charge is 2.18. The third-order valence-electron chi connectivity index (χ3n) is 4.69. The second-order valence-electron chi connectivity index (χ2n) is 7.18. The molecule has 1 atom stereocenters. The Bertz CT molecular complexity index is 1080. The van der Waals surface area contributed by atoms with Gasteiger partial charge in [0.15, 0.2) is 6.10 Å². The summed E-state index contributed by atoms with van der Waals surface area (Å²) in [5.74, 6) is -0.546. The molecule has 0 N–H and O–H groups in total. The molecule has 0 aromatic heterocycles. The second-order valence-corrected chi connectivity index (χ2v) is 7.18. The lowest BCUT2D eigenvalue weighted by Crippen LogP contribution is -2.28. The summed E-state index contributed by atoms with van der Waals surface area (Å²) in [6.45, 7) is 1.81. The van der Waals surface area contributed by atoms with Crippen LogP contribution >= 0.6 is 0 Å². The maximum atomic E-state index is 12.3. The topological polar surface area (TPSA) is 105 Å². The summed E-state index contributed by atoms with van der Waals surface area (Å²) in [6.07, 6.45) is 0.599. The maximum absolute atomic E-state index is 12.3. The van der Waals surface area contributed by atoms with E-state index in [2.05, 4.69) is 0 Å². The number of rotatable bonds is 10. The summed E-state index contributed by atoms with van der Waals surface area (Å²) >= 11 is 0. The molecule has 1 unspecified atom stereocenters. The Morgan fingerprint density at radius 2 is 1.55 bits per heavy atom. The van der Waals surface area contributed by atoms with Crippen LogP contribution in [0.25, 0.3) is 0 Å². The first-order valence-corrected chi connectivity index (χ1v) is 10.4. The summed E-state index contributed by atoms with van der Waals surface area (Å²) in [7, 11) is 0. The van der Waals surface area contributed by atoms with Crippen molar-refractivity contribution in [3.05, 3.63) is 100 Å². The van der Waals surface area contributed by atoms with E-state index in [0.29, 0.717) is 17.9 Å². The molecule has 0 radical (unpaired) electrons. The molecular formula is C25H23NO7. The highest BCUT2D eigenvalue weighted by Crippen LogP contribution is 2.19. The number of hydrogen-bond donors (Lipinski definition) is 0. The molecule has 33 heavy (non-hydrogen) atoms. The molecule has 3 aromatic rings. The van der Waals surface area contributed by atoms with Crippen molar-refractivity contribution in [2.24, 2.45) is 0 Å². The van der Waals surface area contributed by atoms with E-state index < -0.39 is 23.0 Å². The van der Waals surface area contributed by atoms with Gasteiger partial charge in [0, 0.05) is 12.1 Å². The molecule has 170 valence electrons. The Labute approximate surface area is 190 Å². The zero-order chi connectivity index (χ0) is 23.6. The van der Waals surface area contributed by atoms with Gasteiger partial charge in [0.1, 0.15) is 11.5 Å². The molecule has 0 aliphatic carbocycles. The van der Waals surface area contributed by atoms with E-state index in [4.69, 9.17) is 14.2 Å². The highest BCUT2D eigenvalue weighted by molar-refractivity contribution is 5.89. The Balaban J connectivity index is 1.44. The average Bonchev–Trinajstić information content (AvgIpc) is 2.83. The van der Waals surface area contributed by atoms with Gasteiger partial charge in [-0.25, -0.2) is 9.59 Å². The van der Waals surface area contributed by atoms with Gasteiger partial charge >= 0.3 is 11.9 Å². The van der Waals surface area contributed by atoms with E-state index >= 15 is 0 Å². The fourth-order valence-corrected chi connectivity index (χ4v) is 2.93. The van der Waals surface area contributed by atoms with Gasteiger partial charge in [-0.15, -0.1) is 0 Å². The predicted molar refractivity (Wildman–Crippen MR) is 120 cm³/mol. The second kappa shape index (κ2) is 11.4. The Hall–Kier alpha value is -4.20. The number of benzene rings is 3. The first-order valence-electron chi connectivity index (χ1n) is 10.4. The number of aryl methyl sites for hydroxylation is 1. The number of nitro groups is 1. The van der Waals surface area contributed by atoms with Crippen LogP contribution in [-0.4, -0.2) is 29.6 Å². The van der Waals surface area contributed by atoms with Crippen molar-refractivity contribution in [3.8, 4) is 11.5 Å². The van der Waals surface area contributed by atoms with E-state index in [-0.39, 0.29) is 11.4 Å². The molecule has 0 spiro atoms. The summed E-state index contributed by atoms with van der Waals surface area (Å²) in [5, 5.41) is 10.7. The normalized spacial score (nSPS) is 11.3. The van der Waals surface area contributed by atoms with Crippen molar-refractivity contribution in [2.45, 2.75) is 25.9 Å². The summed E-state index contributed by atoms with van der Waals surface area (Å²) in [4.78, 5) is 34.6. The molecule has 0 amide bonds. The molecule has 0 aliphatic rings. The van der Waals surface area contributed by atoms with Crippen LogP contribution in [0.1, 0.15) is 29.3 Å². The largest absolute Gasteiger partial charge is 0.479 e. The third kappa shape index (κ3) is 7.17. The van der Waals surface area contributed by atoms with Gasteiger partial charge in [-0.3, -0.25) is 10.1 Å². The molecule has 0 aliphatic heterocycles. The lowest BCUT2D eigenvalue weighted by atomic mass is 10.1. The van der Waals surface area contributed by atoms with Crippen LogP contribution in [0.5, 0.6) is 11.5 Å². The highest BCUT2D eigenvalue weighted by atomic mass is 16.6. The molecule has 0 saturated heterocycles. The Morgan fingerprint density at radius 1 is 0.909 bits per heavy atom. The van der Waals surface area contributed by atoms with Crippen molar-refractivity contribution in [2.75, 3.05) is 6.61 Å². The minimum absolute atomic E-state index is 0.0765. The van der Waals surface area contributed by atoms with Crippen molar-refractivity contribution < 1.29 is 28.7 Å². The molecule has 8 nitrogen and oxygen atoms in total. The van der Waals surface area contributed by atoms with Crippen LogP contribution in [0.3, 0.4) is 0 Å². The van der Waals surface area contributed by atoms with Crippen LogP contribution in [0, 0.1) is 10.1 Å². The van der Waals surface area contributed by atoms with Crippen molar-refractivity contribution >= 4 is 17.6 Å². The van der Waals surface area contributed by atoms with Crippen molar-refractivity contribution in [1.29, 1.82) is 0 Å². The number of non-ortho nitro benzene ring substituents is 1. The van der Waals surface area contributed by atoms with E-state index in [1.807, 2.05) is 30.3 Å². The lowest BCUT2D eigenvalue weighted by molar-refractivity contribution is -0.384. The Morgan fingerprint density at radius 3 is 2.18 bits per heavy atom. The van der Waals surface area contributed by atoms with E-state index in [1.54, 1.807) is 0 Å². The maximum Gasteiger partial charge on any atom is 0.352 e. The Kier molecular flexibility index (Phi) is 8.13. The number of nitro benzene ring substituents is 1. The number of carbonyl (C=O) groups excluding carboxylic acids is 2. The first kappa shape index (κ1) is 23.5. The number of nitrogens with zero attached hydrogens (tertiary/aromatic N) is 1. The fraction of sp³-hybridized carbons (Fsp3) is 0.200. The lowest BCUT2D eigenvalue weighted by Gasteiger charge is -2.14. The number of esters is 2. The van der Waals surface area contributed by atoms with Gasteiger partial charge in [0.05, 0.1) is 17.1 Å². The van der Waals surface area contributed by atoms with Gasteiger partial charge < -0.3 is 14.2 Å². The van der Waals surface area contributed by atoms with E-state index in [0.717, 1.165) is 12.8 Å². The van der Waals surface area contributed by atoms with Crippen molar-refractivity contribution in [3.63, 3.8) is 0 Å². The molecule has 0 heterocycles. The minimum Gasteiger partial charge on any atom is -0.479 e. The monoisotopic (exact) mass is 449 g/mol. The fourth-order valence-electron chi connectivity index (χ4n) is 2.93. The number of carbonyl (C=O) groups is 2. The summed E-state index contributed by atoms with van der Waals surface area (Å²) < 4.78 is 16.0. The summed E-state index contributed by atoms with van der Waals surface area (Å²) in [6, 6.07) is 21.4.